The molecule has 1 aromatic heterocycles. The van der Waals surface area contributed by atoms with Crippen LogP contribution in [-0.4, -0.2) is 43.2 Å². The molecule has 23 heavy (non-hydrogen) atoms. The summed E-state index contributed by atoms with van der Waals surface area (Å²) in [5.74, 6) is 1.13. The predicted octanol–water partition coefficient (Wildman–Crippen LogP) is 1.05. The van der Waals surface area contributed by atoms with Gasteiger partial charge in [0.2, 0.25) is 5.91 Å². The highest BCUT2D eigenvalue weighted by molar-refractivity contribution is 5.79. The Morgan fingerprint density at radius 2 is 2.22 bits per heavy atom. The summed E-state index contributed by atoms with van der Waals surface area (Å²) in [5.41, 5.74) is 7.04. The fourth-order valence-corrected chi connectivity index (χ4v) is 3.42. The van der Waals surface area contributed by atoms with Crippen molar-refractivity contribution in [3.05, 3.63) is 23.9 Å². The van der Waals surface area contributed by atoms with E-state index in [1.165, 1.54) is 0 Å². The predicted molar refractivity (Wildman–Crippen MR) is 89.0 cm³/mol. The van der Waals surface area contributed by atoms with Crippen molar-refractivity contribution in [1.29, 1.82) is 0 Å². The van der Waals surface area contributed by atoms with E-state index in [4.69, 9.17) is 10.5 Å². The fraction of sp³-hybridized carbons (Fsp3) is 0.647. The maximum absolute atomic E-state index is 12.4. The van der Waals surface area contributed by atoms with E-state index in [1.54, 1.807) is 6.20 Å². The number of hydrogen-bond donors (Lipinski definition) is 2. The maximum atomic E-state index is 12.4. The van der Waals surface area contributed by atoms with Gasteiger partial charge < -0.3 is 20.7 Å². The average molecular weight is 318 g/mol. The van der Waals surface area contributed by atoms with Crippen LogP contribution in [0.25, 0.3) is 0 Å². The zero-order valence-electron chi connectivity index (χ0n) is 13.5. The van der Waals surface area contributed by atoms with Crippen molar-refractivity contribution < 1.29 is 9.53 Å². The zero-order valence-corrected chi connectivity index (χ0v) is 13.5. The molecule has 1 aliphatic heterocycles. The van der Waals surface area contributed by atoms with Crippen molar-refractivity contribution in [2.75, 3.05) is 31.2 Å². The van der Waals surface area contributed by atoms with Crippen LogP contribution < -0.4 is 16.0 Å². The van der Waals surface area contributed by atoms with Gasteiger partial charge in [0.25, 0.3) is 0 Å². The molecule has 1 saturated carbocycles. The van der Waals surface area contributed by atoms with Crippen molar-refractivity contribution >= 4 is 11.7 Å². The quantitative estimate of drug-likeness (QED) is 0.867. The highest BCUT2D eigenvalue weighted by Gasteiger charge is 2.25. The summed E-state index contributed by atoms with van der Waals surface area (Å²) in [7, 11) is 0. The van der Waals surface area contributed by atoms with Crippen molar-refractivity contribution in [1.82, 2.24) is 10.3 Å². The largest absolute Gasteiger partial charge is 0.378 e. The van der Waals surface area contributed by atoms with E-state index in [0.29, 0.717) is 6.54 Å². The minimum atomic E-state index is 0.0576. The average Bonchev–Trinajstić information content (AvgIpc) is 2.60. The number of nitrogens with one attached hydrogen (secondary N) is 1. The van der Waals surface area contributed by atoms with Crippen LogP contribution in [0.4, 0.5) is 5.82 Å². The monoisotopic (exact) mass is 318 g/mol. The minimum Gasteiger partial charge on any atom is -0.378 e. The third-order valence-electron chi connectivity index (χ3n) is 4.72. The molecule has 3 rings (SSSR count). The molecule has 3 N–H and O–H groups in total. The Balaban J connectivity index is 1.60. The molecule has 1 amide bonds. The molecule has 2 fully saturated rings. The molecule has 0 aromatic carbocycles. The third kappa shape index (κ3) is 4.20. The number of aromatic nitrogens is 1. The summed E-state index contributed by atoms with van der Waals surface area (Å²) in [6, 6.07) is 4.12. The van der Waals surface area contributed by atoms with Gasteiger partial charge in [-0.25, -0.2) is 4.98 Å². The van der Waals surface area contributed by atoms with Crippen LogP contribution in [0.2, 0.25) is 0 Å². The molecule has 1 aromatic rings. The molecule has 6 heteroatoms. The lowest BCUT2D eigenvalue weighted by molar-refractivity contribution is -0.126. The van der Waals surface area contributed by atoms with Crippen LogP contribution in [0.3, 0.4) is 0 Å². The molecular weight excluding hydrogens is 292 g/mol. The van der Waals surface area contributed by atoms with Crippen LogP contribution in [-0.2, 0) is 16.1 Å². The molecule has 0 radical (unpaired) electrons. The maximum Gasteiger partial charge on any atom is 0.223 e. The van der Waals surface area contributed by atoms with Gasteiger partial charge in [0.1, 0.15) is 5.82 Å². The second-order valence-electron chi connectivity index (χ2n) is 6.43. The Morgan fingerprint density at radius 3 is 3.00 bits per heavy atom. The Kier molecular flexibility index (Phi) is 5.46. The first-order chi connectivity index (χ1) is 11.2. The van der Waals surface area contributed by atoms with E-state index in [0.717, 1.165) is 63.4 Å². The number of hydrogen-bond acceptors (Lipinski definition) is 5. The number of carbonyl (C=O) groups is 1. The third-order valence-corrected chi connectivity index (χ3v) is 4.72. The Bertz CT molecular complexity index is 531. The van der Waals surface area contributed by atoms with Gasteiger partial charge in [-0.2, -0.15) is 0 Å². The number of rotatable bonds is 4. The SMILES string of the molecule is NC1CCCC(C(=O)NCc2cccnc2N2CCOCC2)C1. The highest BCUT2D eigenvalue weighted by atomic mass is 16.5. The van der Waals surface area contributed by atoms with E-state index in [2.05, 4.69) is 15.2 Å². The molecule has 2 atom stereocenters. The van der Waals surface area contributed by atoms with Gasteiger partial charge in [0.15, 0.2) is 0 Å². The van der Waals surface area contributed by atoms with Gasteiger partial charge in [-0.05, 0) is 25.3 Å². The van der Waals surface area contributed by atoms with Crippen LogP contribution in [0.15, 0.2) is 18.3 Å². The lowest BCUT2D eigenvalue weighted by Gasteiger charge is -2.30. The lowest BCUT2D eigenvalue weighted by atomic mass is 9.85. The van der Waals surface area contributed by atoms with Crippen LogP contribution in [0, 0.1) is 5.92 Å². The van der Waals surface area contributed by atoms with Crippen molar-refractivity contribution in [3.8, 4) is 0 Å². The van der Waals surface area contributed by atoms with Gasteiger partial charge in [-0.1, -0.05) is 12.5 Å². The molecular formula is C17H26N4O2. The summed E-state index contributed by atoms with van der Waals surface area (Å²) in [6.07, 6.45) is 5.63. The number of anilines is 1. The lowest BCUT2D eigenvalue weighted by Crippen LogP contribution is -2.39. The Labute approximate surface area is 137 Å². The van der Waals surface area contributed by atoms with Crippen molar-refractivity contribution in [3.63, 3.8) is 0 Å². The topological polar surface area (TPSA) is 80.5 Å². The number of carbonyl (C=O) groups excluding carboxylic acids is 1. The molecule has 2 heterocycles. The number of amides is 1. The first kappa shape index (κ1) is 16.2. The van der Waals surface area contributed by atoms with Crippen LogP contribution >= 0.6 is 0 Å². The van der Waals surface area contributed by atoms with Crippen LogP contribution in [0.5, 0.6) is 0 Å². The summed E-state index contributed by atoms with van der Waals surface area (Å²) in [5, 5.41) is 3.08. The van der Waals surface area contributed by atoms with E-state index >= 15 is 0 Å². The first-order valence-corrected chi connectivity index (χ1v) is 8.54. The summed E-state index contributed by atoms with van der Waals surface area (Å²) >= 11 is 0. The van der Waals surface area contributed by atoms with Crippen LogP contribution in [0.1, 0.15) is 31.2 Å². The standard InChI is InChI=1S/C17H26N4O2/c18-15-5-1-3-13(11-15)17(22)20-12-14-4-2-6-19-16(14)21-7-9-23-10-8-21/h2,4,6,13,15H,1,3,5,7-12,18H2,(H,20,22). The zero-order chi connectivity index (χ0) is 16.1. The number of morpholine rings is 1. The number of nitrogens with two attached hydrogens (primary N) is 1. The normalized spacial score (nSPS) is 25.2. The Hall–Kier alpha value is -1.66. The molecule has 0 spiro atoms. The first-order valence-electron chi connectivity index (χ1n) is 8.54. The summed E-state index contributed by atoms with van der Waals surface area (Å²) in [4.78, 5) is 19.1. The summed E-state index contributed by atoms with van der Waals surface area (Å²) in [6.45, 7) is 3.65. The fourth-order valence-electron chi connectivity index (χ4n) is 3.42. The second kappa shape index (κ2) is 7.75. The van der Waals surface area contributed by atoms with E-state index in [-0.39, 0.29) is 17.9 Å². The molecule has 1 saturated heterocycles. The molecule has 126 valence electrons. The number of pyridine rings is 1. The van der Waals surface area contributed by atoms with Gasteiger partial charge >= 0.3 is 0 Å². The molecule has 2 aliphatic rings. The van der Waals surface area contributed by atoms with Gasteiger partial charge in [-0.15, -0.1) is 0 Å². The molecule has 6 nitrogen and oxygen atoms in total. The highest BCUT2D eigenvalue weighted by Crippen LogP contribution is 2.24. The number of ether oxygens (including phenoxy) is 1. The van der Waals surface area contributed by atoms with E-state index < -0.39 is 0 Å². The van der Waals surface area contributed by atoms with Gasteiger partial charge in [0.05, 0.1) is 13.2 Å². The summed E-state index contributed by atoms with van der Waals surface area (Å²) < 4.78 is 5.40. The smallest absolute Gasteiger partial charge is 0.223 e. The minimum absolute atomic E-state index is 0.0576. The second-order valence-corrected chi connectivity index (χ2v) is 6.43. The molecule has 0 bridgehead atoms. The van der Waals surface area contributed by atoms with Crippen molar-refractivity contribution in [2.24, 2.45) is 11.7 Å². The molecule has 1 aliphatic carbocycles. The molecule has 2 unspecified atom stereocenters. The van der Waals surface area contributed by atoms with Gasteiger partial charge in [-0.3, -0.25) is 4.79 Å². The van der Waals surface area contributed by atoms with E-state index in [1.807, 2.05) is 12.1 Å². The number of nitrogens with zero attached hydrogens (tertiary/aromatic N) is 2. The van der Waals surface area contributed by atoms with Crippen molar-refractivity contribution in [2.45, 2.75) is 38.3 Å². The van der Waals surface area contributed by atoms with E-state index in [9.17, 15) is 4.79 Å². The Morgan fingerprint density at radius 1 is 1.39 bits per heavy atom. The van der Waals surface area contributed by atoms with Gasteiger partial charge in [0, 0.05) is 43.4 Å².